The van der Waals surface area contributed by atoms with Crippen LogP contribution < -0.4 is 10.0 Å². The molecule has 0 aliphatic heterocycles. The number of benzene rings is 3. The second-order valence-electron chi connectivity index (χ2n) is 7.22. The van der Waals surface area contributed by atoms with Crippen LogP contribution in [-0.2, 0) is 15.8 Å². The highest BCUT2D eigenvalue weighted by molar-refractivity contribution is 7.98. The molecule has 0 atom stereocenters. The first-order valence-corrected chi connectivity index (χ1v) is 13.4. The highest BCUT2D eigenvalue weighted by Gasteiger charge is 2.15. The van der Waals surface area contributed by atoms with Crippen molar-refractivity contribution in [3.05, 3.63) is 101 Å². The van der Waals surface area contributed by atoms with Gasteiger partial charge in [-0.3, -0.25) is 9.52 Å². The number of hydrogen-bond acceptors (Lipinski definition) is 6. The first kappa shape index (κ1) is 23.0. The van der Waals surface area contributed by atoms with Gasteiger partial charge in [-0.05, 0) is 61.0 Å². The number of nitrogens with zero attached hydrogens (tertiary/aromatic N) is 1. The number of aromatic nitrogens is 1. The summed E-state index contributed by atoms with van der Waals surface area (Å²) in [5, 5.41) is 4.78. The van der Waals surface area contributed by atoms with E-state index in [1.807, 2.05) is 12.1 Å². The predicted molar refractivity (Wildman–Crippen MR) is 134 cm³/mol. The van der Waals surface area contributed by atoms with E-state index in [0.717, 1.165) is 11.3 Å². The number of carbonyl (C=O) groups is 1. The molecule has 0 unspecified atom stereocenters. The molecule has 0 saturated carbocycles. The second kappa shape index (κ2) is 10.2. The molecule has 33 heavy (non-hydrogen) atoms. The summed E-state index contributed by atoms with van der Waals surface area (Å²) in [6, 6.07) is 21.8. The van der Waals surface area contributed by atoms with E-state index in [1.54, 1.807) is 41.4 Å². The van der Waals surface area contributed by atoms with Gasteiger partial charge in [-0.1, -0.05) is 29.8 Å². The minimum Gasteiger partial charge on any atom is -0.322 e. The molecule has 3 aromatic carbocycles. The topological polar surface area (TPSA) is 88.2 Å². The van der Waals surface area contributed by atoms with Crippen molar-refractivity contribution < 1.29 is 13.2 Å². The molecule has 1 heterocycles. The van der Waals surface area contributed by atoms with Crippen molar-refractivity contribution in [3.63, 3.8) is 0 Å². The van der Waals surface area contributed by atoms with Gasteiger partial charge in [0.2, 0.25) is 0 Å². The van der Waals surface area contributed by atoms with Crippen molar-refractivity contribution in [1.29, 1.82) is 0 Å². The molecule has 0 radical (unpaired) electrons. The summed E-state index contributed by atoms with van der Waals surface area (Å²) < 4.78 is 27.2. The molecule has 0 fully saturated rings. The van der Waals surface area contributed by atoms with Crippen molar-refractivity contribution in [2.75, 3.05) is 10.0 Å². The Morgan fingerprint density at radius 3 is 2.30 bits per heavy atom. The zero-order valence-corrected chi connectivity index (χ0v) is 20.1. The van der Waals surface area contributed by atoms with Gasteiger partial charge in [0.05, 0.1) is 4.90 Å². The molecule has 9 heteroatoms. The van der Waals surface area contributed by atoms with Crippen LogP contribution in [-0.4, -0.2) is 19.3 Å². The Bertz CT molecular complexity index is 1320. The third-order valence-corrected chi connectivity index (χ3v) is 7.97. The van der Waals surface area contributed by atoms with Crippen LogP contribution >= 0.6 is 23.1 Å². The number of anilines is 2. The van der Waals surface area contributed by atoms with Gasteiger partial charge in [0.1, 0.15) is 0 Å². The van der Waals surface area contributed by atoms with Crippen LogP contribution in [0.1, 0.15) is 21.5 Å². The highest BCUT2D eigenvalue weighted by atomic mass is 32.2. The van der Waals surface area contributed by atoms with Crippen molar-refractivity contribution in [1.82, 2.24) is 4.98 Å². The zero-order valence-electron chi connectivity index (χ0n) is 17.7. The number of aryl methyl sites for hydroxylation is 1. The number of nitrogens with one attached hydrogen (secondary N) is 2. The predicted octanol–water partition coefficient (Wildman–Crippen LogP) is 5.80. The molecule has 2 N–H and O–H groups in total. The van der Waals surface area contributed by atoms with Crippen molar-refractivity contribution >= 4 is 49.8 Å². The Labute approximate surface area is 201 Å². The second-order valence-corrected chi connectivity index (χ2v) is 10.8. The molecule has 0 aliphatic carbocycles. The molecule has 0 aliphatic rings. The fourth-order valence-corrected chi connectivity index (χ4v) is 5.56. The lowest BCUT2D eigenvalue weighted by Crippen LogP contribution is -2.14. The minimum absolute atomic E-state index is 0.0890. The molecule has 1 amide bonds. The van der Waals surface area contributed by atoms with E-state index in [4.69, 9.17) is 0 Å². The van der Waals surface area contributed by atoms with Crippen molar-refractivity contribution in [3.8, 4) is 0 Å². The lowest BCUT2D eigenvalue weighted by atomic mass is 10.1. The maximum absolute atomic E-state index is 12.6. The van der Waals surface area contributed by atoms with Crippen LogP contribution in [0.2, 0.25) is 0 Å². The third kappa shape index (κ3) is 6.22. The SMILES string of the molecule is Cc1ccc(SCc2ccc(C(=O)Nc3ccc(S(=O)(=O)Nc4nccs4)cc3)cc2)cc1. The minimum atomic E-state index is -3.73. The van der Waals surface area contributed by atoms with Crippen LogP contribution in [0.5, 0.6) is 0 Å². The Morgan fingerprint density at radius 1 is 0.970 bits per heavy atom. The molecular formula is C24H21N3O3S3. The van der Waals surface area contributed by atoms with Crippen LogP contribution in [0.4, 0.5) is 10.8 Å². The van der Waals surface area contributed by atoms with Crippen LogP contribution in [0.3, 0.4) is 0 Å². The molecule has 6 nitrogen and oxygen atoms in total. The zero-order chi connectivity index (χ0) is 23.3. The summed E-state index contributed by atoms with van der Waals surface area (Å²) in [7, 11) is -3.73. The smallest absolute Gasteiger partial charge is 0.263 e. The molecule has 4 rings (SSSR count). The quantitative estimate of drug-likeness (QED) is 0.302. The fraction of sp³-hybridized carbons (Fsp3) is 0.0833. The summed E-state index contributed by atoms with van der Waals surface area (Å²) >= 11 is 2.94. The Hall–Kier alpha value is -3.14. The molecule has 168 valence electrons. The average Bonchev–Trinajstić information content (AvgIpc) is 3.32. The Kier molecular flexibility index (Phi) is 7.12. The first-order valence-electron chi connectivity index (χ1n) is 10.0. The third-order valence-electron chi connectivity index (χ3n) is 4.72. The number of sulfonamides is 1. The summed E-state index contributed by atoms with van der Waals surface area (Å²) in [5.41, 5.74) is 3.39. The number of thioether (sulfide) groups is 1. The monoisotopic (exact) mass is 495 g/mol. The van der Waals surface area contributed by atoms with Crippen LogP contribution in [0.25, 0.3) is 0 Å². The number of rotatable bonds is 8. The van der Waals surface area contributed by atoms with Crippen LogP contribution in [0, 0.1) is 6.92 Å². The fourth-order valence-electron chi connectivity index (χ4n) is 2.92. The van der Waals surface area contributed by atoms with E-state index >= 15 is 0 Å². The molecule has 0 bridgehead atoms. The van der Waals surface area contributed by atoms with Gasteiger partial charge in [-0.15, -0.1) is 23.1 Å². The summed E-state index contributed by atoms with van der Waals surface area (Å²) in [4.78, 5) is 17.8. The van der Waals surface area contributed by atoms with Gasteiger partial charge in [0, 0.05) is 33.5 Å². The van der Waals surface area contributed by atoms with Crippen LogP contribution in [0.15, 0.2) is 94.2 Å². The lowest BCUT2D eigenvalue weighted by Gasteiger charge is -2.09. The molecule has 0 saturated heterocycles. The average molecular weight is 496 g/mol. The maximum Gasteiger partial charge on any atom is 0.263 e. The van der Waals surface area contributed by atoms with Gasteiger partial charge in [0.25, 0.3) is 15.9 Å². The normalized spacial score (nSPS) is 11.2. The maximum atomic E-state index is 12.6. The van der Waals surface area contributed by atoms with Gasteiger partial charge in [0.15, 0.2) is 5.13 Å². The number of thiazole rings is 1. The van der Waals surface area contributed by atoms with Crippen molar-refractivity contribution in [2.24, 2.45) is 0 Å². The van der Waals surface area contributed by atoms with E-state index in [-0.39, 0.29) is 10.8 Å². The molecule has 4 aromatic rings. The van der Waals surface area contributed by atoms with Crippen molar-refractivity contribution in [2.45, 2.75) is 22.5 Å². The largest absolute Gasteiger partial charge is 0.322 e. The van der Waals surface area contributed by atoms with E-state index < -0.39 is 10.0 Å². The van der Waals surface area contributed by atoms with Gasteiger partial charge in [-0.25, -0.2) is 13.4 Å². The Morgan fingerprint density at radius 2 is 1.67 bits per heavy atom. The summed E-state index contributed by atoms with van der Waals surface area (Å²) in [5.74, 6) is 0.555. The van der Waals surface area contributed by atoms with Gasteiger partial charge in [-0.2, -0.15) is 0 Å². The number of carbonyl (C=O) groups excluding carboxylic acids is 1. The van der Waals surface area contributed by atoms with Gasteiger partial charge < -0.3 is 5.32 Å². The number of hydrogen-bond donors (Lipinski definition) is 2. The molecular weight excluding hydrogens is 474 g/mol. The van der Waals surface area contributed by atoms with Gasteiger partial charge >= 0.3 is 0 Å². The van der Waals surface area contributed by atoms with E-state index in [0.29, 0.717) is 16.4 Å². The Balaban J connectivity index is 1.34. The lowest BCUT2D eigenvalue weighted by molar-refractivity contribution is 0.102. The molecule has 0 spiro atoms. The highest BCUT2D eigenvalue weighted by Crippen LogP contribution is 2.24. The van der Waals surface area contributed by atoms with E-state index in [1.165, 1.54) is 40.1 Å². The van der Waals surface area contributed by atoms with E-state index in [9.17, 15) is 13.2 Å². The summed E-state index contributed by atoms with van der Waals surface area (Å²) in [6.07, 6.45) is 1.52. The first-order chi connectivity index (χ1) is 15.9. The molecule has 1 aromatic heterocycles. The standard InChI is InChI=1S/C24H21N3O3S3/c1-17-2-10-21(11-3-17)32-16-18-4-6-19(7-5-18)23(28)26-20-8-12-22(13-9-20)33(29,30)27-24-25-14-15-31-24/h2-15H,16H2,1H3,(H,25,27)(H,26,28). The number of amides is 1. The summed E-state index contributed by atoms with van der Waals surface area (Å²) in [6.45, 7) is 2.07. The van der Waals surface area contributed by atoms with E-state index in [2.05, 4.69) is 46.2 Å².